The summed E-state index contributed by atoms with van der Waals surface area (Å²) in [6, 6.07) is 6.39. The largest absolute Gasteiger partial charge is 0.477 e. The van der Waals surface area contributed by atoms with Crippen molar-refractivity contribution in [1.29, 1.82) is 0 Å². The van der Waals surface area contributed by atoms with Gasteiger partial charge in [0.15, 0.2) is 0 Å². The molecule has 0 aromatic heterocycles. The van der Waals surface area contributed by atoms with E-state index in [-0.39, 0.29) is 15.7 Å². The van der Waals surface area contributed by atoms with Crippen molar-refractivity contribution in [2.24, 2.45) is 4.99 Å². The number of aliphatic imine (C=N–C) groups is 1. The molecule has 5 nitrogen and oxygen atoms in total. The lowest BCUT2D eigenvalue weighted by molar-refractivity contribution is -0.148. The van der Waals surface area contributed by atoms with Crippen molar-refractivity contribution in [3.8, 4) is 0 Å². The van der Waals surface area contributed by atoms with Crippen molar-refractivity contribution in [1.82, 2.24) is 5.01 Å². The summed E-state index contributed by atoms with van der Waals surface area (Å²) < 4.78 is 78.4. The molecule has 1 aliphatic heterocycles. The average Bonchev–Trinajstić information content (AvgIpc) is 2.87. The molecule has 0 aliphatic carbocycles. The summed E-state index contributed by atoms with van der Waals surface area (Å²) in [7, 11) is 0. The Hall–Kier alpha value is -2.24. The van der Waals surface area contributed by atoms with Gasteiger partial charge in [0.2, 0.25) is 12.0 Å². The first-order valence-corrected chi connectivity index (χ1v) is 7.18. The maximum atomic E-state index is 13.2. The lowest BCUT2D eigenvalue weighted by Crippen LogP contribution is -2.50. The molecule has 1 atom stereocenters. The highest BCUT2D eigenvalue weighted by Crippen LogP contribution is 2.39. The van der Waals surface area contributed by atoms with Crippen LogP contribution >= 0.6 is 15.9 Å². The van der Waals surface area contributed by atoms with E-state index in [1.165, 1.54) is 18.2 Å². The molecule has 1 aromatic rings. The normalized spacial score (nSPS) is 19.2. The van der Waals surface area contributed by atoms with E-state index in [0.717, 1.165) is 12.1 Å². The van der Waals surface area contributed by atoms with E-state index in [1.807, 2.05) is 0 Å². The van der Waals surface area contributed by atoms with Crippen LogP contribution in [0.5, 0.6) is 0 Å². The Balaban J connectivity index is 2.65. The zero-order chi connectivity index (χ0) is 19.0. The fourth-order valence-electron chi connectivity index (χ4n) is 2.00. The Morgan fingerprint density at radius 3 is 2.16 bits per heavy atom. The van der Waals surface area contributed by atoms with Crippen LogP contribution < -0.4 is 5.01 Å². The Bertz CT molecular complexity index is 717. The maximum Gasteiger partial charge on any atom is 0.451 e. The van der Waals surface area contributed by atoms with Gasteiger partial charge in [-0.2, -0.15) is 26.3 Å². The minimum absolute atomic E-state index is 0.0195. The second-order valence-corrected chi connectivity index (χ2v) is 5.53. The van der Waals surface area contributed by atoms with Crippen LogP contribution in [0, 0.1) is 0 Å². The first kappa shape index (κ1) is 19.1. The average molecular weight is 432 g/mol. The number of benzene rings is 1. The number of halogens is 7. The predicted molar refractivity (Wildman–Crippen MR) is 78.7 cm³/mol. The monoisotopic (exact) mass is 431 g/mol. The van der Waals surface area contributed by atoms with E-state index in [4.69, 9.17) is 5.11 Å². The van der Waals surface area contributed by atoms with E-state index >= 15 is 0 Å². The summed E-state index contributed by atoms with van der Waals surface area (Å²) in [4.78, 5) is 13.6. The third-order valence-corrected chi connectivity index (χ3v) is 3.48. The second-order valence-electron chi connectivity index (χ2n) is 4.67. The molecule has 1 unspecified atom stereocenters. The van der Waals surface area contributed by atoms with Gasteiger partial charge in [-0.15, -0.1) is 0 Å². The third kappa shape index (κ3) is 4.06. The number of hydrazine groups is 1. The summed E-state index contributed by atoms with van der Waals surface area (Å²) in [5.41, 5.74) is -0.255. The molecule has 0 radical (unpaired) electrons. The minimum Gasteiger partial charge on any atom is -0.477 e. The molecule has 0 spiro atoms. The first-order valence-electron chi connectivity index (χ1n) is 6.38. The van der Waals surface area contributed by atoms with Crippen molar-refractivity contribution >= 4 is 33.4 Å². The fraction of sp³-hybridized carbons (Fsp3) is 0.231. The molecular weight excluding hydrogens is 424 g/mol. The van der Waals surface area contributed by atoms with Gasteiger partial charge in [0.05, 0.1) is 11.9 Å². The van der Waals surface area contributed by atoms with Gasteiger partial charge in [-0.25, -0.2) is 19.8 Å². The van der Waals surface area contributed by atoms with Crippen LogP contribution in [0.2, 0.25) is 0 Å². The topological polar surface area (TPSA) is 56.1 Å². The van der Waals surface area contributed by atoms with E-state index in [9.17, 15) is 31.1 Å². The molecule has 2 rings (SSSR count). The van der Waals surface area contributed by atoms with Gasteiger partial charge in [-0.3, -0.25) is 0 Å². The number of aliphatic carboxylic acids is 1. The summed E-state index contributed by atoms with van der Waals surface area (Å²) in [6.45, 7) is 0. The number of amidine groups is 1. The van der Waals surface area contributed by atoms with Gasteiger partial charge in [0.25, 0.3) is 0 Å². The second kappa shape index (κ2) is 6.58. The van der Waals surface area contributed by atoms with Crippen molar-refractivity contribution in [3.63, 3.8) is 0 Å². The van der Waals surface area contributed by atoms with E-state index in [0.29, 0.717) is 6.20 Å². The van der Waals surface area contributed by atoms with Crippen LogP contribution in [0.3, 0.4) is 0 Å². The molecule has 0 saturated carbocycles. The lowest BCUT2D eigenvalue weighted by Gasteiger charge is -2.33. The summed E-state index contributed by atoms with van der Waals surface area (Å²) in [6.07, 6.45) is -12.9. The Kier molecular flexibility index (Phi) is 5.02. The number of carboxylic acid groups (broad SMARTS) is 1. The smallest absolute Gasteiger partial charge is 0.451 e. The molecule has 12 heteroatoms. The molecule has 0 bridgehead atoms. The molecule has 1 heterocycles. The third-order valence-electron chi connectivity index (χ3n) is 2.93. The maximum absolute atomic E-state index is 13.2. The van der Waals surface area contributed by atoms with Crippen molar-refractivity contribution in [3.05, 3.63) is 41.0 Å². The molecule has 1 aliphatic rings. The molecule has 136 valence electrons. The van der Waals surface area contributed by atoms with E-state index in [2.05, 4.69) is 20.9 Å². The number of carbonyl (C=O) groups is 1. The standard InChI is InChI=1S/C13H8BrF6N3O2/c14-8(9(24)25)6-22-10(12(15,16)17)21-11(13(18,19)20)23(22)7-4-2-1-3-5-7/h1-6,11H,(H,24,25)/b8-6-. The van der Waals surface area contributed by atoms with Crippen molar-refractivity contribution in [2.45, 2.75) is 18.5 Å². The zero-order valence-electron chi connectivity index (χ0n) is 11.9. The number of hydrogen-bond acceptors (Lipinski definition) is 4. The lowest BCUT2D eigenvalue weighted by atomic mass is 10.3. The number of hydrogen-bond donors (Lipinski definition) is 1. The summed E-state index contributed by atoms with van der Waals surface area (Å²) in [5.74, 6) is -3.55. The number of rotatable bonds is 3. The van der Waals surface area contributed by atoms with Crippen molar-refractivity contribution < 1.29 is 36.2 Å². The number of nitrogens with zero attached hydrogens (tertiary/aromatic N) is 3. The number of anilines is 1. The minimum atomic E-state index is -5.24. The molecule has 0 saturated heterocycles. The summed E-state index contributed by atoms with van der Waals surface area (Å²) >= 11 is 2.51. The Labute approximate surface area is 144 Å². The number of para-hydroxylation sites is 1. The number of carboxylic acids is 1. The van der Waals surface area contributed by atoms with Crippen LogP contribution in [0.25, 0.3) is 0 Å². The predicted octanol–water partition coefficient (Wildman–Crippen LogP) is 3.89. The zero-order valence-corrected chi connectivity index (χ0v) is 13.5. The molecular formula is C13H8BrF6N3O2. The molecule has 1 aromatic carbocycles. The highest BCUT2D eigenvalue weighted by Gasteiger charge is 2.56. The molecule has 0 fully saturated rings. The molecule has 25 heavy (non-hydrogen) atoms. The highest BCUT2D eigenvalue weighted by atomic mass is 79.9. The van der Waals surface area contributed by atoms with E-state index < -0.39 is 34.8 Å². The molecule has 1 N–H and O–H groups in total. The van der Waals surface area contributed by atoms with Gasteiger partial charge in [-0.05, 0) is 28.1 Å². The van der Waals surface area contributed by atoms with Crippen LogP contribution in [-0.2, 0) is 4.79 Å². The SMILES string of the molecule is O=C(O)/C(Br)=C/N1C(C(F)(F)F)=NC(C(F)(F)F)N1c1ccccc1. The quantitative estimate of drug-likeness (QED) is 0.582. The Morgan fingerprint density at radius 1 is 1.16 bits per heavy atom. The number of alkyl halides is 6. The van der Waals surface area contributed by atoms with Crippen LogP contribution in [-0.4, -0.2) is 40.4 Å². The van der Waals surface area contributed by atoms with Gasteiger partial charge in [0, 0.05) is 0 Å². The van der Waals surface area contributed by atoms with Gasteiger partial charge in [-0.1, -0.05) is 18.2 Å². The van der Waals surface area contributed by atoms with Crippen LogP contribution in [0.4, 0.5) is 32.0 Å². The van der Waals surface area contributed by atoms with Gasteiger partial charge >= 0.3 is 18.3 Å². The van der Waals surface area contributed by atoms with Crippen LogP contribution in [0.15, 0.2) is 46.0 Å². The fourth-order valence-corrected chi connectivity index (χ4v) is 2.19. The van der Waals surface area contributed by atoms with E-state index in [1.54, 1.807) is 0 Å². The molecule has 0 amide bonds. The first-order chi connectivity index (χ1) is 11.4. The summed E-state index contributed by atoms with van der Waals surface area (Å²) in [5, 5.41) is 9.05. The Morgan fingerprint density at radius 2 is 1.72 bits per heavy atom. The van der Waals surface area contributed by atoms with Crippen LogP contribution in [0.1, 0.15) is 0 Å². The van der Waals surface area contributed by atoms with Crippen molar-refractivity contribution in [2.75, 3.05) is 5.01 Å². The van der Waals surface area contributed by atoms with Gasteiger partial charge in [0.1, 0.15) is 4.48 Å². The van der Waals surface area contributed by atoms with Gasteiger partial charge < -0.3 is 5.11 Å². The highest BCUT2D eigenvalue weighted by molar-refractivity contribution is 9.12.